The summed E-state index contributed by atoms with van der Waals surface area (Å²) in [4.78, 5) is 39.8. The van der Waals surface area contributed by atoms with Crippen molar-refractivity contribution in [1.82, 2.24) is 15.6 Å². The number of anilines is 1. The fourth-order valence-corrected chi connectivity index (χ4v) is 1.84. The SMILES string of the molecule is O=[C]CNC(=O)N(C(=O)NCc1ccccn1)c1ccccc1. The highest BCUT2D eigenvalue weighted by atomic mass is 16.2. The molecule has 4 amide bonds. The number of para-hydroxylation sites is 1. The molecular weight excluding hydrogens is 296 g/mol. The van der Waals surface area contributed by atoms with Crippen LogP contribution in [0.3, 0.4) is 0 Å². The number of carbonyl (C=O) groups excluding carboxylic acids is 3. The van der Waals surface area contributed by atoms with Crippen LogP contribution in [0.5, 0.6) is 0 Å². The summed E-state index contributed by atoms with van der Waals surface area (Å²) in [6.07, 6.45) is 3.17. The quantitative estimate of drug-likeness (QED) is 0.877. The number of imide groups is 1. The van der Waals surface area contributed by atoms with Gasteiger partial charge in [0.25, 0.3) is 0 Å². The van der Waals surface area contributed by atoms with Crippen molar-refractivity contribution in [2.75, 3.05) is 11.4 Å². The van der Waals surface area contributed by atoms with Crippen molar-refractivity contribution in [3.63, 3.8) is 0 Å². The Hall–Kier alpha value is -3.22. The molecule has 0 saturated heterocycles. The molecule has 7 heteroatoms. The van der Waals surface area contributed by atoms with Gasteiger partial charge in [-0.05, 0) is 24.3 Å². The number of urea groups is 2. The molecule has 0 saturated carbocycles. The van der Waals surface area contributed by atoms with Crippen molar-refractivity contribution in [3.8, 4) is 0 Å². The third-order valence-electron chi connectivity index (χ3n) is 2.88. The van der Waals surface area contributed by atoms with Crippen LogP contribution < -0.4 is 15.5 Å². The number of benzene rings is 1. The number of hydrogen-bond acceptors (Lipinski definition) is 4. The Balaban J connectivity index is 2.11. The third kappa shape index (κ3) is 4.63. The molecule has 0 aliphatic rings. The smallest absolute Gasteiger partial charge is 0.330 e. The molecule has 0 bridgehead atoms. The van der Waals surface area contributed by atoms with Crippen LogP contribution in [0.1, 0.15) is 5.69 Å². The number of nitrogens with one attached hydrogen (secondary N) is 2. The maximum atomic E-state index is 12.3. The molecule has 0 atom stereocenters. The van der Waals surface area contributed by atoms with Gasteiger partial charge in [-0.15, -0.1) is 0 Å². The minimum absolute atomic E-state index is 0.177. The van der Waals surface area contributed by atoms with Gasteiger partial charge < -0.3 is 10.6 Å². The van der Waals surface area contributed by atoms with Crippen molar-refractivity contribution < 1.29 is 14.4 Å². The molecule has 1 aromatic heterocycles. The second-order valence-electron chi connectivity index (χ2n) is 4.45. The first-order chi connectivity index (χ1) is 11.2. The molecule has 23 heavy (non-hydrogen) atoms. The lowest BCUT2D eigenvalue weighted by atomic mass is 10.3. The van der Waals surface area contributed by atoms with Gasteiger partial charge in [0.1, 0.15) is 0 Å². The van der Waals surface area contributed by atoms with Gasteiger partial charge in [0.2, 0.25) is 6.29 Å². The van der Waals surface area contributed by atoms with E-state index in [-0.39, 0.29) is 13.1 Å². The number of aromatic nitrogens is 1. The minimum atomic E-state index is -0.710. The van der Waals surface area contributed by atoms with E-state index in [1.165, 1.54) is 0 Å². The first-order valence-corrected chi connectivity index (χ1v) is 6.88. The third-order valence-corrected chi connectivity index (χ3v) is 2.88. The highest BCUT2D eigenvalue weighted by Gasteiger charge is 2.22. The van der Waals surface area contributed by atoms with Gasteiger partial charge in [0.05, 0.1) is 24.5 Å². The van der Waals surface area contributed by atoms with Gasteiger partial charge in [-0.2, -0.15) is 0 Å². The Bertz CT molecular complexity index is 662. The molecule has 2 rings (SSSR count). The van der Waals surface area contributed by atoms with Gasteiger partial charge >= 0.3 is 12.1 Å². The van der Waals surface area contributed by atoms with Crippen molar-refractivity contribution in [3.05, 3.63) is 60.4 Å². The predicted octanol–water partition coefficient (Wildman–Crippen LogP) is 1.62. The normalized spacial score (nSPS) is 9.74. The van der Waals surface area contributed by atoms with Crippen LogP contribution in [0, 0.1) is 0 Å². The highest BCUT2D eigenvalue weighted by molar-refractivity contribution is 6.13. The number of hydrogen-bond donors (Lipinski definition) is 2. The molecule has 0 spiro atoms. The molecule has 0 aliphatic carbocycles. The van der Waals surface area contributed by atoms with Crippen molar-refractivity contribution in [2.24, 2.45) is 0 Å². The molecule has 7 nitrogen and oxygen atoms in total. The van der Waals surface area contributed by atoms with E-state index in [1.54, 1.807) is 61.0 Å². The topological polar surface area (TPSA) is 91.4 Å². The monoisotopic (exact) mass is 311 g/mol. The zero-order valence-electron chi connectivity index (χ0n) is 12.2. The van der Waals surface area contributed by atoms with Gasteiger partial charge in [0, 0.05) is 6.20 Å². The number of carbonyl (C=O) groups is 2. The lowest BCUT2D eigenvalue weighted by molar-refractivity contribution is 0.234. The van der Waals surface area contributed by atoms with Crippen LogP contribution in [0.4, 0.5) is 15.3 Å². The summed E-state index contributed by atoms with van der Waals surface area (Å²) in [5, 5.41) is 4.92. The van der Waals surface area contributed by atoms with E-state index in [2.05, 4.69) is 15.6 Å². The minimum Gasteiger partial charge on any atom is -0.332 e. The molecule has 1 heterocycles. The second kappa shape index (κ2) is 8.28. The largest absolute Gasteiger partial charge is 0.332 e. The molecule has 2 N–H and O–H groups in total. The lowest BCUT2D eigenvalue weighted by Crippen LogP contribution is -2.49. The Morgan fingerprint density at radius 3 is 2.35 bits per heavy atom. The first kappa shape index (κ1) is 16.2. The molecule has 0 aliphatic heterocycles. The van der Waals surface area contributed by atoms with Crippen LogP contribution in [-0.4, -0.2) is 29.9 Å². The maximum Gasteiger partial charge on any atom is 0.330 e. The number of amides is 4. The van der Waals surface area contributed by atoms with E-state index < -0.39 is 12.1 Å². The fraction of sp³-hybridized carbons (Fsp3) is 0.125. The summed E-state index contributed by atoms with van der Waals surface area (Å²) in [7, 11) is 0. The van der Waals surface area contributed by atoms with E-state index in [0.29, 0.717) is 11.4 Å². The zero-order chi connectivity index (χ0) is 16.5. The lowest BCUT2D eigenvalue weighted by Gasteiger charge is -2.21. The molecular formula is C16H15N4O3. The van der Waals surface area contributed by atoms with Crippen molar-refractivity contribution >= 4 is 24.0 Å². The average molecular weight is 311 g/mol. The Morgan fingerprint density at radius 2 is 1.70 bits per heavy atom. The van der Waals surface area contributed by atoms with Crippen LogP contribution in [0.15, 0.2) is 54.7 Å². The summed E-state index contributed by atoms with van der Waals surface area (Å²) < 4.78 is 0. The standard InChI is InChI=1S/C16H15N4O3/c21-11-10-18-15(22)20(14-7-2-1-3-8-14)16(23)19-12-13-6-4-5-9-17-13/h1-9H,10,12H2,(H,18,22)(H,19,23). The molecule has 0 unspecified atom stereocenters. The Labute approximate surface area is 133 Å². The van der Waals surface area contributed by atoms with E-state index >= 15 is 0 Å². The van der Waals surface area contributed by atoms with Crippen LogP contribution in [-0.2, 0) is 11.3 Å². The van der Waals surface area contributed by atoms with Crippen molar-refractivity contribution in [2.45, 2.75) is 6.54 Å². The molecule has 1 aromatic carbocycles. The summed E-state index contributed by atoms with van der Waals surface area (Å²) in [6.45, 7) is -0.119. The van der Waals surface area contributed by atoms with Crippen molar-refractivity contribution in [1.29, 1.82) is 0 Å². The van der Waals surface area contributed by atoms with E-state index in [0.717, 1.165) is 4.90 Å². The van der Waals surface area contributed by atoms with E-state index in [1.807, 2.05) is 0 Å². The number of pyridine rings is 1. The van der Waals surface area contributed by atoms with Crippen LogP contribution in [0.25, 0.3) is 0 Å². The molecule has 2 aromatic rings. The second-order valence-corrected chi connectivity index (χ2v) is 4.45. The number of rotatable bonds is 5. The summed E-state index contributed by atoms with van der Waals surface area (Å²) in [6, 6.07) is 12.4. The Morgan fingerprint density at radius 1 is 1.00 bits per heavy atom. The number of nitrogens with zero attached hydrogens (tertiary/aromatic N) is 2. The zero-order valence-corrected chi connectivity index (χ0v) is 12.2. The maximum absolute atomic E-state index is 12.3. The first-order valence-electron chi connectivity index (χ1n) is 6.88. The predicted molar refractivity (Wildman–Crippen MR) is 84.5 cm³/mol. The van der Waals surface area contributed by atoms with Gasteiger partial charge in [-0.25, -0.2) is 14.5 Å². The van der Waals surface area contributed by atoms with Crippen LogP contribution >= 0.6 is 0 Å². The van der Waals surface area contributed by atoms with E-state index in [4.69, 9.17) is 0 Å². The summed E-state index contributed by atoms with van der Waals surface area (Å²) in [5.41, 5.74) is 1.05. The van der Waals surface area contributed by atoms with Gasteiger partial charge in [-0.1, -0.05) is 24.3 Å². The summed E-state index contributed by atoms with van der Waals surface area (Å²) in [5.74, 6) is 0. The van der Waals surface area contributed by atoms with Gasteiger partial charge in [-0.3, -0.25) is 9.78 Å². The summed E-state index contributed by atoms with van der Waals surface area (Å²) >= 11 is 0. The molecule has 1 radical (unpaired) electrons. The van der Waals surface area contributed by atoms with Crippen LogP contribution in [0.2, 0.25) is 0 Å². The van der Waals surface area contributed by atoms with Gasteiger partial charge in [0.15, 0.2) is 0 Å². The van der Waals surface area contributed by atoms with E-state index in [9.17, 15) is 14.4 Å². The highest BCUT2D eigenvalue weighted by Crippen LogP contribution is 2.13. The average Bonchev–Trinajstić information content (AvgIpc) is 2.60. The Kier molecular flexibility index (Phi) is 5.81. The fourth-order valence-electron chi connectivity index (χ4n) is 1.84. The molecule has 0 fully saturated rings. The molecule has 117 valence electrons.